The Morgan fingerprint density at radius 3 is 2.91 bits per heavy atom. The van der Waals surface area contributed by atoms with E-state index in [1.165, 1.54) is 0 Å². The van der Waals surface area contributed by atoms with E-state index in [2.05, 4.69) is 15.2 Å². The maximum atomic E-state index is 5.04. The molecular weight excluding hydrogens is 142 g/mol. The lowest BCUT2D eigenvalue weighted by atomic mass is 10.4. The Kier molecular flexibility index (Phi) is 2.27. The van der Waals surface area contributed by atoms with Crippen LogP contribution in [0.25, 0.3) is 0 Å². The van der Waals surface area contributed by atoms with Crippen molar-refractivity contribution in [3.63, 3.8) is 0 Å². The van der Waals surface area contributed by atoms with Crippen molar-refractivity contribution in [1.82, 2.24) is 4.98 Å². The molecule has 0 saturated carbocycles. The first-order chi connectivity index (χ1) is 5.29. The molecule has 1 heterocycles. The second-order valence-electron chi connectivity index (χ2n) is 1.91. The van der Waals surface area contributed by atoms with Crippen LogP contribution in [0.15, 0.2) is 28.7 Å². The van der Waals surface area contributed by atoms with Gasteiger partial charge in [-0.15, -0.1) is 5.10 Å². The van der Waals surface area contributed by atoms with Crippen LogP contribution in [0.5, 0.6) is 0 Å². The lowest BCUT2D eigenvalue weighted by molar-refractivity contribution is 1.21. The van der Waals surface area contributed by atoms with Gasteiger partial charge in [-0.25, -0.2) is 0 Å². The van der Waals surface area contributed by atoms with Crippen LogP contribution < -0.4 is 11.5 Å². The number of hydrogen-bond donors (Lipinski definition) is 3. The molecule has 0 aromatic carbocycles. The summed E-state index contributed by atoms with van der Waals surface area (Å²) < 4.78 is 0. The summed E-state index contributed by atoms with van der Waals surface area (Å²) in [5.74, 6) is -0.0446. The summed E-state index contributed by atoms with van der Waals surface area (Å²) in [5.41, 5.74) is 11.0. The van der Waals surface area contributed by atoms with Gasteiger partial charge in [0.25, 0.3) is 0 Å². The molecule has 0 spiro atoms. The van der Waals surface area contributed by atoms with Gasteiger partial charge in [-0.2, -0.15) is 5.10 Å². The third kappa shape index (κ3) is 2.53. The van der Waals surface area contributed by atoms with Gasteiger partial charge in [0.15, 0.2) is 0 Å². The number of aromatic nitrogens is 1. The number of nitrogens with zero attached hydrogens (tertiary/aromatic N) is 2. The second kappa shape index (κ2) is 3.40. The third-order valence-corrected chi connectivity index (χ3v) is 1.00. The molecule has 1 rings (SSSR count). The van der Waals surface area contributed by atoms with Crippen molar-refractivity contribution in [2.45, 2.75) is 0 Å². The quantitative estimate of drug-likeness (QED) is 0.305. The predicted octanol–water partition coefficient (Wildman–Crippen LogP) is -0.378. The average molecular weight is 151 g/mol. The highest BCUT2D eigenvalue weighted by molar-refractivity contribution is 5.81. The minimum atomic E-state index is -0.0446. The smallest absolute Gasteiger partial charge is 0.211 e. The molecule has 0 aliphatic rings. The van der Waals surface area contributed by atoms with Crippen LogP contribution in [-0.4, -0.2) is 17.2 Å². The third-order valence-electron chi connectivity index (χ3n) is 1.00. The van der Waals surface area contributed by atoms with Crippen molar-refractivity contribution in [2.24, 2.45) is 21.7 Å². The molecule has 0 saturated heterocycles. The maximum Gasteiger partial charge on any atom is 0.211 e. The maximum absolute atomic E-state index is 5.04. The van der Waals surface area contributed by atoms with Gasteiger partial charge in [0, 0.05) is 18.0 Å². The second-order valence-corrected chi connectivity index (χ2v) is 1.91. The summed E-state index contributed by atoms with van der Waals surface area (Å²) >= 11 is 0. The normalized spacial score (nSPS) is 10.2. The average Bonchev–Trinajstić information content (AvgIpc) is 2.39. The van der Waals surface area contributed by atoms with Crippen LogP contribution in [0, 0.1) is 0 Å². The minimum absolute atomic E-state index is 0.0446. The van der Waals surface area contributed by atoms with E-state index in [1.807, 2.05) is 6.07 Å². The fourth-order valence-corrected chi connectivity index (χ4v) is 0.579. The molecular formula is C6H9N5. The van der Waals surface area contributed by atoms with E-state index in [1.54, 1.807) is 18.6 Å². The molecule has 0 aliphatic carbocycles. The Labute approximate surface area is 63.8 Å². The monoisotopic (exact) mass is 151 g/mol. The highest BCUT2D eigenvalue weighted by Crippen LogP contribution is 1.90. The Morgan fingerprint density at radius 1 is 1.55 bits per heavy atom. The standard InChI is InChI=1S/C6H9N5/c7-6(8)11-10-4-5-1-2-9-3-5/h1-4,9H,(H4,7,8,11). The van der Waals surface area contributed by atoms with E-state index in [-0.39, 0.29) is 5.96 Å². The summed E-state index contributed by atoms with van der Waals surface area (Å²) in [5, 5.41) is 7.03. The van der Waals surface area contributed by atoms with Gasteiger partial charge in [0.1, 0.15) is 0 Å². The van der Waals surface area contributed by atoms with Crippen molar-refractivity contribution in [3.8, 4) is 0 Å². The summed E-state index contributed by atoms with van der Waals surface area (Å²) in [6, 6.07) is 1.85. The summed E-state index contributed by atoms with van der Waals surface area (Å²) in [7, 11) is 0. The number of nitrogens with two attached hydrogens (primary N) is 2. The summed E-state index contributed by atoms with van der Waals surface area (Å²) in [4.78, 5) is 2.87. The van der Waals surface area contributed by atoms with Crippen LogP contribution in [0.1, 0.15) is 5.56 Å². The highest BCUT2D eigenvalue weighted by atomic mass is 15.3. The molecule has 1 aromatic heterocycles. The van der Waals surface area contributed by atoms with Crippen LogP contribution >= 0.6 is 0 Å². The van der Waals surface area contributed by atoms with Gasteiger partial charge in [0.05, 0.1) is 6.21 Å². The van der Waals surface area contributed by atoms with Crippen LogP contribution in [0.2, 0.25) is 0 Å². The zero-order valence-corrected chi connectivity index (χ0v) is 5.86. The molecule has 0 bridgehead atoms. The number of H-pyrrole nitrogens is 1. The molecule has 0 atom stereocenters. The fraction of sp³-hybridized carbons (Fsp3) is 0. The van der Waals surface area contributed by atoms with Crippen molar-refractivity contribution in [3.05, 3.63) is 24.0 Å². The molecule has 5 nitrogen and oxygen atoms in total. The summed E-state index contributed by atoms with van der Waals surface area (Å²) in [6.45, 7) is 0. The van der Waals surface area contributed by atoms with Crippen molar-refractivity contribution in [1.29, 1.82) is 0 Å². The topological polar surface area (TPSA) is 92.6 Å². The zero-order valence-electron chi connectivity index (χ0n) is 5.86. The van der Waals surface area contributed by atoms with Crippen LogP contribution in [0.3, 0.4) is 0 Å². The van der Waals surface area contributed by atoms with E-state index < -0.39 is 0 Å². The van der Waals surface area contributed by atoms with Gasteiger partial charge in [-0.3, -0.25) is 0 Å². The fourth-order valence-electron chi connectivity index (χ4n) is 0.579. The molecule has 1 aromatic rings. The van der Waals surface area contributed by atoms with Crippen molar-refractivity contribution in [2.75, 3.05) is 0 Å². The predicted molar refractivity (Wildman–Crippen MR) is 44.2 cm³/mol. The van der Waals surface area contributed by atoms with E-state index in [0.717, 1.165) is 5.56 Å². The Balaban J connectivity index is 2.56. The molecule has 11 heavy (non-hydrogen) atoms. The first kappa shape index (κ1) is 7.33. The molecule has 5 N–H and O–H groups in total. The van der Waals surface area contributed by atoms with Gasteiger partial charge in [-0.1, -0.05) is 0 Å². The van der Waals surface area contributed by atoms with E-state index in [9.17, 15) is 0 Å². The van der Waals surface area contributed by atoms with Gasteiger partial charge < -0.3 is 16.5 Å². The molecule has 0 fully saturated rings. The Bertz CT molecular complexity index is 255. The molecule has 0 amide bonds. The lowest BCUT2D eigenvalue weighted by Gasteiger charge is -1.82. The first-order valence-corrected chi connectivity index (χ1v) is 3.04. The number of nitrogens with one attached hydrogen (secondary N) is 1. The van der Waals surface area contributed by atoms with Crippen LogP contribution in [-0.2, 0) is 0 Å². The Morgan fingerprint density at radius 2 is 2.36 bits per heavy atom. The lowest BCUT2D eigenvalue weighted by Crippen LogP contribution is -2.21. The van der Waals surface area contributed by atoms with E-state index in [4.69, 9.17) is 11.5 Å². The minimum Gasteiger partial charge on any atom is -0.369 e. The van der Waals surface area contributed by atoms with Crippen molar-refractivity contribution < 1.29 is 0 Å². The Hall–Kier alpha value is -1.78. The van der Waals surface area contributed by atoms with E-state index >= 15 is 0 Å². The number of aromatic amines is 1. The first-order valence-electron chi connectivity index (χ1n) is 3.04. The van der Waals surface area contributed by atoms with Gasteiger partial charge >= 0.3 is 0 Å². The SMILES string of the molecule is NC(N)=NN=Cc1cc[nH]c1. The van der Waals surface area contributed by atoms with Gasteiger partial charge in [-0.05, 0) is 6.07 Å². The molecule has 5 heteroatoms. The zero-order chi connectivity index (χ0) is 8.10. The molecule has 0 aliphatic heterocycles. The largest absolute Gasteiger partial charge is 0.369 e. The number of hydrogen-bond acceptors (Lipinski definition) is 2. The molecule has 0 radical (unpaired) electrons. The number of guanidine groups is 1. The summed E-state index contributed by atoms with van der Waals surface area (Å²) in [6.07, 6.45) is 5.12. The number of rotatable bonds is 2. The molecule has 58 valence electrons. The van der Waals surface area contributed by atoms with E-state index in [0.29, 0.717) is 0 Å². The van der Waals surface area contributed by atoms with Crippen molar-refractivity contribution >= 4 is 12.2 Å². The van der Waals surface area contributed by atoms with Crippen LogP contribution in [0.4, 0.5) is 0 Å². The highest BCUT2D eigenvalue weighted by Gasteiger charge is 1.83. The van der Waals surface area contributed by atoms with Gasteiger partial charge in [0.2, 0.25) is 5.96 Å². The molecule has 0 unspecified atom stereocenters.